The molecule has 27 heavy (non-hydrogen) atoms. The average Bonchev–Trinajstić information content (AvgIpc) is 2.90. The van der Waals surface area contributed by atoms with Gasteiger partial charge >= 0.3 is 5.97 Å². The van der Waals surface area contributed by atoms with Crippen molar-refractivity contribution in [2.75, 3.05) is 0 Å². The van der Waals surface area contributed by atoms with E-state index in [1.807, 2.05) is 6.08 Å². The first-order chi connectivity index (χ1) is 12.5. The zero-order valence-corrected chi connectivity index (χ0v) is 17.4. The summed E-state index contributed by atoms with van der Waals surface area (Å²) < 4.78 is 5.68. The van der Waals surface area contributed by atoms with E-state index in [2.05, 4.69) is 27.7 Å². The Morgan fingerprint density at radius 2 is 1.78 bits per heavy atom. The monoisotopic (exact) mass is 374 g/mol. The summed E-state index contributed by atoms with van der Waals surface area (Å²) >= 11 is 0. The van der Waals surface area contributed by atoms with Crippen molar-refractivity contribution in [3.8, 4) is 0 Å². The lowest BCUT2D eigenvalue weighted by molar-refractivity contribution is -0.159. The quantitative estimate of drug-likeness (QED) is 0.703. The Bertz CT molecular complexity index is 707. The van der Waals surface area contributed by atoms with Crippen LogP contribution < -0.4 is 0 Å². The highest BCUT2D eigenvalue weighted by Gasteiger charge is 2.63. The van der Waals surface area contributed by atoms with Crippen LogP contribution in [0.1, 0.15) is 73.1 Å². The van der Waals surface area contributed by atoms with Crippen LogP contribution in [0.3, 0.4) is 0 Å². The molecule has 0 spiro atoms. The number of aliphatic hydroxyl groups excluding tert-OH is 1. The highest BCUT2D eigenvalue weighted by atomic mass is 16.5. The molecule has 150 valence electrons. The van der Waals surface area contributed by atoms with E-state index in [0.717, 1.165) is 44.1 Å². The Morgan fingerprint density at radius 3 is 2.44 bits per heavy atom. The number of ether oxygens (including phenoxy) is 1. The van der Waals surface area contributed by atoms with Gasteiger partial charge in [-0.2, -0.15) is 0 Å². The number of allylic oxidation sites excluding steroid dienone is 1. The van der Waals surface area contributed by atoms with Crippen molar-refractivity contribution >= 4 is 11.8 Å². The predicted octanol–water partition coefficient (Wildman–Crippen LogP) is 4.06. The van der Waals surface area contributed by atoms with Crippen LogP contribution in [0.25, 0.3) is 0 Å². The minimum atomic E-state index is -0.380. The second kappa shape index (κ2) is 5.92. The summed E-state index contributed by atoms with van der Waals surface area (Å²) in [5.74, 6) is 0.692. The molecule has 7 unspecified atom stereocenters. The third-order valence-electron chi connectivity index (χ3n) is 9.00. The molecule has 0 amide bonds. The Morgan fingerprint density at radius 1 is 1.07 bits per heavy atom. The molecule has 4 heteroatoms. The first kappa shape index (κ1) is 19.2. The summed E-state index contributed by atoms with van der Waals surface area (Å²) in [6.45, 7) is 10.2. The van der Waals surface area contributed by atoms with Gasteiger partial charge in [-0.1, -0.05) is 33.3 Å². The maximum absolute atomic E-state index is 13.4. The van der Waals surface area contributed by atoms with Crippen LogP contribution in [0.4, 0.5) is 0 Å². The Hall–Kier alpha value is -1.16. The molecule has 1 N–H and O–H groups in total. The number of ketones is 1. The van der Waals surface area contributed by atoms with Crippen molar-refractivity contribution in [1.82, 2.24) is 0 Å². The molecule has 0 aliphatic heterocycles. The fourth-order valence-electron chi connectivity index (χ4n) is 7.42. The zero-order chi connectivity index (χ0) is 19.8. The Labute approximate surface area is 162 Å². The summed E-state index contributed by atoms with van der Waals surface area (Å²) in [5.41, 5.74) is 0.721. The maximum Gasteiger partial charge on any atom is 0.302 e. The molecular weight excluding hydrogens is 340 g/mol. The molecule has 0 aromatic heterocycles. The lowest BCUT2D eigenvalue weighted by Gasteiger charge is -2.60. The summed E-state index contributed by atoms with van der Waals surface area (Å²) in [4.78, 5) is 25.0. The molecule has 0 heterocycles. The third kappa shape index (κ3) is 2.51. The van der Waals surface area contributed by atoms with Gasteiger partial charge in [0.15, 0.2) is 5.78 Å². The molecular formula is C23H34O4. The summed E-state index contributed by atoms with van der Waals surface area (Å²) in [5, 5.41) is 10.6. The zero-order valence-electron chi connectivity index (χ0n) is 17.4. The predicted molar refractivity (Wildman–Crippen MR) is 103 cm³/mol. The number of hydrogen-bond donors (Lipinski definition) is 1. The van der Waals surface area contributed by atoms with Crippen molar-refractivity contribution in [3.05, 3.63) is 11.6 Å². The van der Waals surface area contributed by atoms with Gasteiger partial charge in [-0.3, -0.25) is 9.59 Å². The van der Waals surface area contributed by atoms with Crippen molar-refractivity contribution in [3.63, 3.8) is 0 Å². The molecule has 4 nitrogen and oxygen atoms in total. The first-order valence-corrected chi connectivity index (χ1v) is 10.6. The van der Waals surface area contributed by atoms with E-state index in [9.17, 15) is 14.7 Å². The second-order valence-corrected chi connectivity index (χ2v) is 10.6. The fourth-order valence-corrected chi connectivity index (χ4v) is 7.42. The van der Waals surface area contributed by atoms with Gasteiger partial charge in [0, 0.05) is 23.7 Å². The topological polar surface area (TPSA) is 63.6 Å². The molecule has 3 saturated carbocycles. The number of hydrogen-bond acceptors (Lipinski definition) is 4. The number of esters is 1. The standard InChI is InChI=1S/C23H34O4/c1-13(24)27-19-7-6-14-20-15(8-10-23(14,19)5)22(4)11-9-18(26)21(2,3)17(22)12-16(20)25/h12,14-15,18-20,26H,6-11H2,1-5H3. The number of fused-ring (bicyclic) bond motifs is 5. The average molecular weight is 375 g/mol. The van der Waals surface area contributed by atoms with Gasteiger partial charge in [0.25, 0.3) is 0 Å². The molecule has 7 atom stereocenters. The maximum atomic E-state index is 13.4. The van der Waals surface area contributed by atoms with E-state index in [1.165, 1.54) is 6.92 Å². The van der Waals surface area contributed by atoms with Crippen molar-refractivity contribution in [1.29, 1.82) is 0 Å². The van der Waals surface area contributed by atoms with E-state index in [4.69, 9.17) is 4.74 Å². The van der Waals surface area contributed by atoms with Gasteiger partial charge < -0.3 is 9.84 Å². The largest absolute Gasteiger partial charge is 0.462 e. The van der Waals surface area contributed by atoms with Crippen LogP contribution in [0.5, 0.6) is 0 Å². The highest BCUT2D eigenvalue weighted by molar-refractivity contribution is 5.95. The Kier molecular flexibility index (Phi) is 4.20. The Balaban J connectivity index is 1.73. The molecule has 0 aromatic carbocycles. The summed E-state index contributed by atoms with van der Waals surface area (Å²) in [6.07, 6.45) is 7.06. The van der Waals surface area contributed by atoms with Gasteiger partial charge in [0.2, 0.25) is 0 Å². The fraction of sp³-hybridized carbons (Fsp3) is 0.826. The summed E-state index contributed by atoms with van der Waals surface area (Å²) in [7, 11) is 0. The second-order valence-electron chi connectivity index (χ2n) is 10.6. The van der Waals surface area contributed by atoms with Crippen molar-refractivity contribution < 1.29 is 19.4 Å². The molecule has 3 fully saturated rings. The molecule has 4 aliphatic carbocycles. The van der Waals surface area contributed by atoms with Crippen LogP contribution in [-0.2, 0) is 14.3 Å². The van der Waals surface area contributed by atoms with E-state index in [0.29, 0.717) is 5.92 Å². The minimum absolute atomic E-state index is 0.0117. The van der Waals surface area contributed by atoms with Crippen LogP contribution in [0.2, 0.25) is 0 Å². The molecule has 4 aliphatic rings. The highest BCUT2D eigenvalue weighted by Crippen LogP contribution is 2.66. The van der Waals surface area contributed by atoms with E-state index in [-0.39, 0.29) is 52.0 Å². The van der Waals surface area contributed by atoms with Crippen molar-refractivity contribution in [2.24, 2.45) is 34.0 Å². The lowest BCUT2D eigenvalue weighted by atomic mass is 9.44. The minimum Gasteiger partial charge on any atom is -0.462 e. The molecule has 4 rings (SSSR count). The molecule has 0 bridgehead atoms. The van der Waals surface area contributed by atoms with Crippen LogP contribution in [0.15, 0.2) is 11.6 Å². The van der Waals surface area contributed by atoms with Gasteiger partial charge in [-0.25, -0.2) is 0 Å². The first-order valence-electron chi connectivity index (χ1n) is 10.6. The number of carbonyl (C=O) groups is 2. The van der Waals surface area contributed by atoms with E-state index < -0.39 is 0 Å². The van der Waals surface area contributed by atoms with Gasteiger partial charge in [0.05, 0.1) is 6.10 Å². The summed E-state index contributed by atoms with van der Waals surface area (Å²) in [6, 6.07) is 0. The number of rotatable bonds is 1. The normalized spacial score (nSPS) is 48.1. The third-order valence-corrected chi connectivity index (χ3v) is 9.00. The van der Waals surface area contributed by atoms with E-state index in [1.54, 1.807) is 0 Å². The lowest BCUT2D eigenvalue weighted by Crippen LogP contribution is -2.57. The molecule has 0 aromatic rings. The number of aliphatic hydroxyl groups is 1. The molecule has 0 saturated heterocycles. The molecule has 0 radical (unpaired) electrons. The van der Waals surface area contributed by atoms with Crippen LogP contribution >= 0.6 is 0 Å². The van der Waals surface area contributed by atoms with E-state index >= 15 is 0 Å². The van der Waals surface area contributed by atoms with Crippen molar-refractivity contribution in [2.45, 2.75) is 85.4 Å². The number of carbonyl (C=O) groups excluding carboxylic acids is 2. The smallest absolute Gasteiger partial charge is 0.302 e. The SMILES string of the molecule is CC(=O)OC1CCC2C3C(=O)C=C4C(C)(C)C(O)CCC4(C)C3CCC12C. The van der Waals surface area contributed by atoms with Crippen LogP contribution in [0, 0.1) is 34.0 Å². The van der Waals surface area contributed by atoms with Gasteiger partial charge in [-0.05, 0) is 61.9 Å². The van der Waals surface area contributed by atoms with Crippen LogP contribution in [-0.4, -0.2) is 29.1 Å². The van der Waals surface area contributed by atoms with Gasteiger partial charge in [0.1, 0.15) is 6.10 Å². The van der Waals surface area contributed by atoms with Gasteiger partial charge in [-0.15, -0.1) is 0 Å².